The van der Waals surface area contributed by atoms with Gasteiger partial charge in [-0.3, -0.25) is 9.59 Å². The minimum atomic E-state index is -3.65. The zero-order valence-electron chi connectivity index (χ0n) is 14.6. The van der Waals surface area contributed by atoms with E-state index in [0.29, 0.717) is 44.2 Å². The van der Waals surface area contributed by atoms with Crippen LogP contribution in [0.3, 0.4) is 0 Å². The molecule has 0 bridgehead atoms. The number of anilines is 1. The molecule has 1 atom stereocenters. The lowest BCUT2D eigenvalue weighted by atomic mass is 10.2. The quantitative estimate of drug-likeness (QED) is 0.824. The first-order chi connectivity index (χ1) is 12.4. The molecular weight excluding hydrogens is 376 g/mol. The van der Waals surface area contributed by atoms with Crippen molar-refractivity contribution >= 4 is 39.1 Å². The molecular formula is C17H22N2O5S2. The summed E-state index contributed by atoms with van der Waals surface area (Å²) < 4.78 is 30.8. The van der Waals surface area contributed by atoms with E-state index < -0.39 is 15.8 Å². The van der Waals surface area contributed by atoms with Crippen molar-refractivity contribution in [3.05, 3.63) is 18.2 Å². The van der Waals surface area contributed by atoms with E-state index >= 15 is 0 Å². The summed E-state index contributed by atoms with van der Waals surface area (Å²) in [5, 5.41) is 2.75. The highest BCUT2D eigenvalue weighted by Gasteiger charge is 2.28. The summed E-state index contributed by atoms with van der Waals surface area (Å²) in [6.07, 6.45) is 0.395. The van der Waals surface area contributed by atoms with Gasteiger partial charge < -0.3 is 15.0 Å². The lowest BCUT2D eigenvalue weighted by Gasteiger charge is -2.29. The van der Waals surface area contributed by atoms with E-state index in [9.17, 15) is 18.0 Å². The molecule has 0 aromatic heterocycles. The van der Waals surface area contributed by atoms with Gasteiger partial charge >= 0.3 is 0 Å². The van der Waals surface area contributed by atoms with Gasteiger partial charge in [-0.25, -0.2) is 8.42 Å². The summed E-state index contributed by atoms with van der Waals surface area (Å²) in [5.41, 5.74) is 0.519. The lowest BCUT2D eigenvalue weighted by molar-refractivity contribution is -0.138. The van der Waals surface area contributed by atoms with Gasteiger partial charge in [-0.2, -0.15) is 0 Å². The van der Waals surface area contributed by atoms with Gasteiger partial charge in [0.05, 0.1) is 29.5 Å². The standard InChI is InChI=1S/C17H22N2O5S2/c1-12(17(21)19-5-7-24-8-6-19)11-26(22,23)13-2-3-15-14(10-13)18-16(20)4-9-25-15/h2-3,10,12H,4-9,11H2,1H3,(H,18,20)/t12-/m0/s1. The molecule has 7 nitrogen and oxygen atoms in total. The fourth-order valence-electron chi connectivity index (χ4n) is 2.98. The maximum Gasteiger partial charge on any atom is 0.226 e. The van der Waals surface area contributed by atoms with Crippen LogP contribution in [0, 0.1) is 5.92 Å². The van der Waals surface area contributed by atoms with E-state index in [2.05, 4.69) is 5.32 Å². The normalized spacial score (nSPS) is 19.3. The van der Waals surface area contributed by atoms with Crippen LogP contribution in [0.5, 0.6) is 0 Å². The summed E-state index contributed by atoms with van der Waals surface area (Å²) >= 11 is 1.52. The lowest BCUT2D eigenvalue weighted by Crippen LogP contribution is -2.44. The molecule has 3 rings (SSSR count). The van der Waals surface area contributed by atoms with Gasteiger partial charge in [0, 0.05) is 36.1 Å². The number of thioether (sulfide) groups is 1. The summed E-state index contributed by atoms with van der Waals surface area (Å²) in [5.74, 6) is -0.531. The number of morpholine rings is 1. The number of rotatable bonds is 4. The molecule has 9 heteroatoms. The summed E-state index contributed by atoms with van der Waals surface area (Å²) in [7, 11) is -3.65. The fourth-order valence-corrected chi connectivity index (χ4v) is 5.49. The number of amides is 2. The molecule has 2 aliphatic rings. The van der Waals surface area contributed by atoms with Crippen LogP contribution in [0.1, 0.15) is 13.3 Å². The molecule has 1 saturated heterocycles. The number of carbonyl (C=O) groups is 2. The third-order valence-corrected chi connectivity index (χ3v) is 7.37. The molecule has 2 heterocycles. The van der Waals surface area contributed by atoms with Crippen LogP contribution in [0.2, 0.25) is 0 Å². The smallest absolute Gasteiger partial charge is 0.226 e. The maximum atomic E-state index is 12.8. The Morgan fingerprint density at radius 2 is 2.08 bits per heavy atom. The number of nitrogens with zero attached hydrogens (tertiary/aromatic N) is 1. The van der Waals surface area contributed by atoms with Crippen molar-refractivity contribution in [3.63, 3.8) is 0 Å². The molecule has 142 valence electrons. The van der Waals surface area contributed by atoms with E-state index in [1.54, 1.807) is 24.0 Å². The van der Waals surface area contributed by atoms with Crippen LogP contribution in [0.4, 0.5) is 5.69 Å². The van der Waals surface area contributed by atoms with Gasteiger partial charge in [0.1, 0.15) is 0 Å². The number of ether oxygens (including phenoxy) is 1. The second-order valence-electron chi connectivity index (χ2n) is 6.42. The second-order valence-corrected chi connectivity index (χ2v) is 9.60. The minimum absolute atomic E-state index is 0.123. The van der Waals surface area contributed by atoms with Crippen molar-refractivity contribution in [1.82, 2.24) is 4.90 Å². The zero-order valence-corrected chi connectivity index (χ0v) is 16.2. The van der Waals surface area contributed by atoms with Gasteiger partial charge in [0.2, 0.25) is 11.8 Å². The highest BCUT2D eigenvalue weighted by molar-refractivity contribution is 7.99. The number of hydrogen-bond donors (Lipinski definition) is 1. The molecule has 2 aliphatic heterocycles. The Morgan fingerprint density at radius 3 is 2.81 bits per heavy atom. The van der Waals surface area contributed by atoms with Crippen molar-refractivity contribution in [3.8, 4) is 0 Å². The average Bonchev–Trinajstić information content (AvgIpc) is 2.81. The van der Waals surface area contributed by atoms with Gasteiger partial charge in [-0.15, -0.1) is 11.8 Å². The topological polar surface area (TPSA) is 92.8 Å². The maximum absolute atomic E-state index is 12.8. The Labute approximate surface area is 157 Å². The SMILES string of the molecule is C[C@@H](CS(=O)(=O)c1ccc2c(c1)NC(=O)CCS2)C(=O)N1CCOCC1. The molecule has 1 aromatic carbocycles. The first kappa shape index (κ1) is 19.2. The summed E-state index contributed by atoms with van der Waals surface area (Å²) in [6, 6.07) is 4.75. The predicted octanol–water partition coefficient (Wildman–Crippen LogP) is 1.39. The van der Waals surface area contributed by atoms with Crippen LogP contribution >= 0.6 is 11.8 Å². The van der Waals surface area contributed by atoms with E-state index in [1.165, 1.54) is 17.8 Å². The molecule has 2 amide bonds. The largest absolute Gasteiger partial charge is 0.378 e. The molecule has 0 aliphatic carbocycles. The Bertz CT molecular complexity index is 803. The zero-order chi connectivity index (χ0) is 18.7. The van der Waals surface area contributed by atoms with Crippen LogP contribution < -0.4 is 5.32 Å². The number of nitrogens with one attached hydrogen (secondary N) is 1. The number of hydrogen-bond acceptors (Lipinski definition) is 6. The van der Waals surface area contributed by atoms with E-state index in [1.807, 2.05) is 0 Å². The second kappa shape index (κ2) is 7.98. The average molecular weight is 399 g/mol. The third-order valence-electron chi connectivity index (χ3n) is 4.38. The highest BCUT2D eigenvalue weighted by Crippen LogP contribution is 2.33. The first-order valence-corrected chi connectivity index (χ1v) is 11.2. The monoisotopic (exact) mass is 398 g/mol. The van der Waals surface area contributed by atoms with Crippen molar-refractivity contribution in [2.45, 2.75) is 23.1 Å². The minimum Gasteiger partial charge on any atom is -0.378 e. The third kappa shape index (κ3) is 4.39. The van der Waals surface area contributed by atoms with Crippen molar-refractivity contribution < 1.29 is 22.7 Å². The molecule has 1 aromatic rings. The highest BCUT2D eigenvalue weighted by atomic mass is 32.2. The molecule has 0 radical (unpaired) electrons. The van der Waals surface area contributed by atoms with Crippen LogP contribution in [-0.4, -0.2) is 62.9 Å². The molecule has 1 N–H and O–H groups in total. The molecule has 0 saturated carbocycles. The van der Waals surface area contributed by atoms with E-state index in [0.717, 1.165) is 4.90 Å². The number of fused-ring (bicyclic) bond motifs is 1. The Balaban J connectivity index is 1.75. The van der Waals surface area contributed by atoms with E-state index in [4.69, 9.17) is 4.74 Å². The molecule has 26 heavy (non-hydrogen) atoms. The van der Waals surface area contributed by atoms with E-state index in [-0.39, 0.29) is 22.5 Å². The fraction of sp³-hybridized carbons (Fsp3) is 0.529. The Kier molecular flexibility index (Phi) is 5.89. The Hall–Kier alpha value is -1.58. The van der Waals surface area contributed by atoms with Crippen molar-refractivity contribution in [2.24, 2.45) is 5.92 Å². The Morgan fingerprint density at radius 1 is 1.35 bits per heavy atom. The van der Waals surface area contributed by atoms with Crippen molar-refractivity contribution in [2.75, 3.05) is 43.1 Å². The summed E-state index contributed by atoms with van der Waals surface area (Å²) in [4.78, 5) is 26.8. The van der Waals surface area contributed by atoms with Crippen LogP contribution in [0.15, 0.2) is 28.0 Å². The van der Waals surface area contributed by atoms with Gasteiger partial charge in [-0.1, -0.05) is 6.92 Å². The van der Waals surface area contributed by atoms with Gasteiger partial charge in [0.25, 0.3) is 0 Å². The van der Waals surface area contributed by atoms with Crippen LogP contribution in [0.25, 0.3) is 0 Å². The first-order valence-electron chi connectivity index (χ1n) is 8.53. The number of benzene rings is 1. The van der Waals surface area contributed by atoms with Gasteiger partial charge in [0.15, 0.2) is 9.84 Å². The molecule has 0 spiro atoms. The van der Waals surface area contributed by atoms with Gasteiger partial charge in [-0.05, 0) is 18.2 Å². The van der Waals surface area contributed by atoms with Crippen LogP contribution in [-0.2, 0) is 24.2 Å². The predicted molar refractivity (Wildman–Crippen MR) is 99.0 cm³/mol. The number of sulfone groups is 1. The molecule has 0 unspecified atom stereocenters. The summed E-state index contributed by atoms with van der Waals surface area (Å²) in [6.45, 7) is 3.58. The molecule has 1 fully saturated rings. The van der Waals surface area contributed by atoms with Crippen molar-refractivity contribution in [1.29, 1.82) is 0 Å². The number of carbonyl (C=O) groups excluding carboxylic acids is 2.